The van der Waals surface area contributed by atoms with Crippen LogP contribution in [0, 0.1) is 6.92 Å². The van der Waals surface area contributed by atoms with Crippen LogP contribution in [0.25, 0.3) is 0 Å². The number of ether oxygens (including phenoxy) is 1. The first-order valence-corrected chi connectivity index (χ1v) is 12.1. The Morgan fingerprint density at radius 3 is 2.37 bits per heavy atom. The summed E-state index contributed by atoms with van der Waals surface area (Å²) in [5, 5.41) is 3.34. The van der Waals surface area contributed by atoms with Gasteiger partial charge in [-0.05, 0) is 39.7 Å². The molecule has 2 rings (SSSR count). The minimum absolute atomic E-state index is 0. The zero-order chi connectivity index (χ0) is 21.3. The van der Waals surface area contributed by atoms with Crippen LogP contribution in [0.1, 0.15) is 31.9 Å². The second kappa shape index (κ2) is 13.5. The van der Waals surface area contributed by atoms with E-state index in [0.29, 0.717) is 32.7 Å². The van der Waals surface area contributed by atoms with Gasteiger partial charge in [-0.2, -0.15) is 4.31 Å². The van der Waals surface area contributed by atoms with Crippen molar-refractivity contribution in [2.75, 3.05) is 51.6 Å². The lowest BCUT2D eigenvalue weighted by Gasteiger charge is -2.36. The zero-order valence-corrected chi connectivity index (χ0v) is 21.8. The van der Waals surface area contributed by atoms with Crippen LogP contribution in [-0.4, -0.2) is 81.3 Å². The molecule has 1 saturated heterocycles. The summed E-state index contributed by atoms with van der Waals surface area (Å²) in [5.74, 6) is 0.899. The van der Waals surface area contributed by atoms with E-state index in [1.54, 1.807) is 4.31 Å². The average molecular weight is 553 g/mol. The Morgan fingerprint density at radius 1 is 1.17 bits per heavy atom. The third-order valence-electron chi connectivity index (χ3n) is 4.84. The van der Waals surface area contributed by atoms with E-state index in [9.17, 15) is 8.42 Å². The lowest BCUT2D eigenvalue weighted by molar-refractivity contribution is 0.0904. The van der Waals surface area contributed by atoms with E-state index in [1.165, 1.54) is 11.1 Å². The predicted molar refractivity (Wildman–Crippen MR) is 134 cm³/mol. The molecule has 1 aromatic carbocycles. The van der Waals surface area contributed by atoms with Crippen molar-refractivity contribution in [1.29, 1.82) is 0 Å². The summed E-state index contributed by atoms with van der Waals surface area (Å²) in [6.45, 7) is 11.9. The lowest BCUT2D eigenvalue weighted by atomic mass is 10.1. The van der Waals surface area contributed by atoms with Gasteiger partial charge in [0.2, 0.25) is 10.0 Å². The van der Waals surface area contributed by atoms with Crippen LogP contribution in [0.4, 0.5) is 0 Å². The topological polar surface area (TPSA) is 74.2 Å². The van der Waals surface area contributed by atoms with Gasteiger partial charge in [0.1, 0.15) is 0 Å². The molecule has 0 spiro atoms. The number of hydrogen-bond donors (Lipinski definition) is 1. The van der Waals surface area contributed by atoms with Crippen LogP contribution in [0.2, 0.25) is 0 Å². The second-order valence-electron chi connectivity index (χ2n) is 7.59. The maximum absolute atomic E-state index is 12.5. The van der Waals surface area contributed by atoms with Crippen LogP contribution in [0.15, 0.2) is 29.3 Å². The fraction of sp³-hybridized carbons (Fsp3) is 0.667. The minimum atomic E-state index is -3.28. The number of nitrogens with zero attached hydrogens (tertiary/aromatic N) is 3. The maximum atomic E-state index is 12.5. The Bertz CT molecular complexity index is 746. The Labute approximate surface area is 199 Å². The van der Waals surface area contributed by atoms with E-state index in [0.717, 1.165) is 18.9 Å². The van der Waals surface area contributed by atoms with E-state index < -0.39 is 10.0 Å². The molecule has 0 radical (unpaired) electrons. The van der Waals surface area contributed by atoms with Gasteiger partial charge in [0.05, 0.1) is 18.5 Å². The molecule has 0 aromatic heterocycles. The Hall–Kier alpha value is -0.910. The van der Waals surface area contributed by atoms with Gasteiger partial charge in [-0.25, -0.2) is 8.42 Å². The van der Waals surface area contributed by atoms with Crippen molar-refractivity contribution in [3.05, 3.63) is 35.4 Å². The molecule has 7 nitrogen and oxygen atoms in total. The van der Waals surface area contributed by atoms with Crippen LogP contribution in [0.5, 0.6) is 0 Å². The first-order valence-electron chi connectivity index (χ1n) is 10.5. The molecule has 30 heavy (non-hydrogen) atoms. The Balaban J connectivity index is 0.00000450. The van der Waals surface area contributed by atoms with Crippen LogP contribution >= 0.6 is 24.0 Å². The van der Waals surface area contributed by atoms with Gasteiger partial charge in [-0.3, -0.25) is 4.99 Å². The molecular formula is C21H37IN4O3S. The summed E-state index contributed by atoms with van der Waals surface area (Å²) in [6.07, 6.45) is 0.931. The highest BCUT2D eigenvalue weighted by molar-refractivity contribution is 14.0. The first-order chi connectivity index (χ1) is 13.8. The smallest absolute Gasteiger partial charge is 0.216 e. The molecule has 172 valence electrons. The molecular weight excluding hydrogens is 515 g/mol. The molecule has 9 heteroatoms. The SMILES string of the molecule is CCNC(=NCCc1ccc(C)cc1)N1CCN(S(=O)(=O)CCOC(C)C)CC1.I. The van der Waals surface area contributed by atoms with Gasteiger partial charge in [-0.1, -0.05) is 29.8 Å². The van der Waals surface area contributed by atoms with Gasteiger partial charge in [0.15, 0.2) is 5.96 Å². The number of piperazine rings is 1. The molecule has 1 fully saturated rings. The van der Waals surface area contributed by atoms with E-state index in [4.69, 9.17) is 9.73 Å². The molecule has 0 bridgehead atoms. The maximum Gasteiger partial charge on any atom is 0.216 e. The number of sulfonamides is 1. The molecule has 1 aliphatic rings. The zero-order valence-electron chi connectivity index (χ0n) is 18.6. The Kier molecular flexibility index (Phi) is 12.2. The number of halogens is 1. The van der Waals surface area contributed by atoms with Crippen molar-refractivity contribution in [3.63, 3.8) is 0 Å². The van der Waals surface area contributed by atoms with Gasteiger partial charge < -0.3 is 15.0 Å². The molecule has 0 amide bonds. The number of aryl methyl sites for hydroxylation is 1. The van der Waals surface area contributed by atoms with Crippen molar-refractivity contribution in [1.82, 2.24) is 14.5 Å². The number of aliphatic imine (C=N–C) groups is 1. The largest absolute Gasteiger partial charge is 0.378 e. The van der Waals surface area contributed by atoms with Crippen LogP contribution in [0.3, 0.4) is 0 Å². The van der Waals surface area contributed by atoms with Crippen molar-refractivity contribution in [3.8, 4) is 0 Å². The van der Waals surface area contributed by atoms with Gasteiger partial charge in [0, 0.05) is 39.3 Å². The lowest BCUT2D eigenvalue weighted by Crippen LogP contribution is -2.54. The summed E-state index contributed by atoms with van der Waals surface area (Å²) in [7, 11) is -3.28. The van der Waals surface area contributed by atoms with Crippen LogP contribution in [-0.2, 0) is 21.2 Å². The van der Waals surface area contributed by atoms with Crippen molar-refractivity contribution in [2.45, 2.75) is 40.2 Å². The third kappa shape index (κ3) is 9.07. The number of benzene rings is 1. The van der Waals surface area contributed by atoms with E-state index >= 15 is 0 Å². The molecule has 0 atom stereocenters. The quantitative estimate of drug-likeness (QED) is 0.290. The highest BCUT2D eigenvalue weighted by Gasteiger charge is 2.27. The highest BCUT2D eigenvalue weighted by atomic mass is 127. The van der Waals surface area contributed by atoms with Crippen LogP contribution < -0.4 is 5.32 Å². The summed E-state index contributed by atoms with van der Waals surface area (Å²) >= 11 is 0. The minimum Gasteiger partial charge on any atom is -0.378 e. The summed E-state index contributed by atoms with van der Waals surface area (Å²) in [4.78, 5) is 6.90. The number of nitrogens with one attached hydrogen (secondary N) is 1. The molecule has 1 N–H and O–H groups in total. The van der Waals surface area contributed by atoms with E-state index in [-0.39, 0.29) is 42.4 Å². The fourth-order valence-corrected chi connectivity index (χ4v) is 4.45. The van der Waals surface area contributed by atoms with E-state index in [1.807, 2.05) is 20.8 Å². The van der Waals surface area contributed by atoms with Gasteiger partial charge in [0.25, 0.3) is 0 Å². The summed E-state index contributed by atoms with van der Waals surface area (Å²) in [5.41, 5.74) is 2.53. The number of hydrogen-bond acceptors (Lipinski definition) is 4. The second-order valence-corrected chi connectivity index (χ2v) is 9.68. The standard InChI is InChI=1S/C21H36N4O3S.HI/c1-5-22-21(23-11-10-20-8-6-19(4)7-9-20)24-12-14-25(15-13-24)29(26,27)17-16-28-18(2)3;/h6-9,18H,5,10-17H2,1-4H3,(H,22,23);1H. The summed E-state index contributed by atoms with van der Waals surface area (Å²) < 4.78 is 32.0. The number of guanidine groups is 1. The average Bonchev–Trinajstić information content (AvgIpc) is 2.68. The molecule has 1 aliphatic heterocycles. The monoisotopic (exact) mass is 552 g/mol. The first kappa shape index (κ1) is 27.1. The normalized spacial score (nSPS) is 15.9. The molecule has 0 aliphatic carbocycles. The Morgan fingerprint density at radius 2 is 1.80 bits per heavy atom. The number of rotatable bonds is 9. The molecule has 0 saturated carbocycles. The van der Waals surface area contributed by atoms with Crippen molar-refractivity contribution in [2.24, 2.45) is 4.99 Å². The molecule has 1 heterocycles. The van der Waals surface area contributed by atoms with E-state index in [2.05, 4.69) is 41.4 Å². The van der Waals surface area contributed by atoms with Crippen molar-refractivity contribution >= 4 is 40.0 Å². The van der Waals surface area contributed by atoms with Gasteiger partial charge in [-0.15, -0.1) is 24.0 Å². The molecule has 1 aromatic rings. The van der Waals surface area contributed by atoms with Gasteiger partial charge >= 0.3 is 0 Å². The predicted octanol–water partition coefficient (Wildman–Crippen LogP) is 2.49. The third-order valence-corrected chi connectivity index (χ3v) is 6.68. The highest BCUT2D eigenvalue weighted by Crippen LogP contribution is 2.10. The summed E-state index contributed by atoms with van der Waals surface area (Å²) in [6, 6.07) is 8.53. The van der Waals surface area contributed by atoms with Crippen molar-refractivity contribution < 1.29 is 13.2 Å². The fourth-order valence-electron chi connectivity index (χ4n) is 3.17. The molecule has 0 unspecified atom stereocenters.